The van der Waals surface area contributed by atoms with Crippen LogP contribution in [0.1, 0.15) is 35.4 Å². The number of nitrogens with one attached hydrogen (secondary N) is 1. The van der Waals surface area contributed by atoms with Crippen LogP contribution in [0.15, 0.2) is 61.1 Å². The highest BCUT2D eigenvalue weighted by molar-refractivity contribution is 5.92. The minimum absolute atomic E-state index is 0.0453. The lowest BCUT2D eigenvalue weighted by Crippen LogP contribution is -2.58. The van der Waals surface area contributed by atoms with Crippen LogP contribution in [0.2, 0.25) is 0 Å². The van der Waals surface area contributed by atoms with Crippen molar-refractivity contribution in [2.45, 2.75) is 37.9 Å². The second-order valence-corrected chi connectivity index (χ2v) is 9.00. The number of likely N-dealkylation sites (tertiary alicyclic amines) is 1. The number of ether oxygens (including phenoxy) is 2. The number of carbonyl (C=O) groups excluding carboxylic acids is 1. The third-order valence-corrected chi connectivity index (χ3v) is 6.80. The zero-order chi connectivity index (χ0) is 25.3. The van der Waals surface area contributed by atoms with Crippen LogP contribution in [0.3, 0.4) is 0 Å². The van der Waals surface area contributed by atoms with E-state index in [0.29, 0.717) is 36.5 Å². The quantitative estimate of drug-likeness (QED) is 0.567. The fraction of sp³-hybridized carbons (Fsp3) is 0.385. The van der Waals surface area contributed by atoms with Crippen LogP contribution in [0.5, 0.6) is 5.75 Å². The Morgan fingerprint density at radius 2 is 1.92 bits per heavy atom. The SMILES string of the molecule is C[C@@H](c1ccccc1-c1ccccc1OC(F)(F)F)n1cncc1C(=O)N1CC[C@H]2NCCO[C@@H]2C1. The van der Waals surface area contributed by atoms with Gasteiger partial charge >= 0.3 is 6.36 Å². The lowest BCUT2D eigenvalue weighted by molar-refractivity contribution is -0.274. The normalized spacial score (nSPS) is 21.1. The highest BCUT2D eigenvalue weighted by Gasteiger charge is 2.36. The Hall–Kier alpha value is -3.37. The molecule has 0 bridgehead atoms. The summed E-state index contributed by atoms with van der Waals surface area (Å²) in [5.74, 6) is -0.430. The first-order valence-electron chi connectivity index (χ1n) is 11.9. The maximum atomic E-state index is 13.5. The van der Waals surface area contributed by atoms with E-state index in [1.54, 1.807) is 40.1 Å². The Bertz CT molecular complexity index is 1230. The van der Waals surface area contributed by atoms with E-state index in [9.17, 15) is 18.0 Å². The molecule has 3 aromatic rings. The summed E-state index contributed by atoms with van der Waals surface area (Å²) < 4.78 is 51.1. The summed E-state index contributed by atoms with van der Waals surface area (Å²) in [4.78, 5) is 19.5. The second kappa shape index (κ2) is 9.94. The maximum absolute atomic E-state index is 13.5. The van der Waals surface area contributed by atoms with E-state index in [4.69, 9.17) is 4.74 Å². The van der Waals surface area contributed by atoms with Crippen molar-refractivity contribution in [3.05, 3.63) is 72.3 Å². The van der Waals surface area contributed by atoms with Crippen LogP contribution in [0.25, 0.3) is 11.1 Å². The Morgan fingerprint density at radius 3 is 2.72 bits per heavy atom. The molecule has 7 nitrogen and oxygen atoms in total. The first kappa shape index (κ1) is 24.3. The minimum atomic E-state index is -4.81. The number of amides is 1. The number of imidazole rings is 1. The molecule has 1 amide bonds. The number of halogens is 3. The van der Waals surface area contributed by atoms with E-state index in [1.165, 1.54) is 18.3 Å². The lowest BCUT2D eigenvalue weighted by atomic mass is 9.94. The standard InChI is InChI=1S/C26H27F3N4O3/c1-17(18-6-2-3-7-19(18)20-8-4-5-9-23(20)36-26(27,28)29)33-16-30-14-22(33)25(34)32-12-10-21-24(15-32)35-13-11-31-21/h2-9,14,16-17,21,24,31H,10-13,15H2,1H3/t17-,21+,24+/m0/s1. The van der Waals surface area contributed by atoms with Gasteiger partial charge in [-0.3, -0.25) is 4.79 Å². The van der Waals surface area contributed by atoms with Crippen LogP contribution in [0.4, 0.5) is 13.2 Å². The van der Waals surface area contributed by atoms with Gasteiger partial charge in [0.05, 0.1) is 31.3 Å². The number of aromatic nitrogens is 2. The molecule has 3 heterocycles. The maximum Gasteiger partial charge on any atom is 0.573 e. The van der Waals surface area contributed by atoms with Gasteiger partial charge in [-0.15, -0.1) is 13.2 Å². The first-order chi connectivity index (χ1) is 17.3. The number of para-hydroxylation sites is 1. The van der Waals surface area contributed by atoms with E-state index in [2.05, 4.69) is 15.0 Å². The molecule has 36 heavy (non-hydrogen) atoms. The Balaban J connectivity index is 1.44. The number of nitrogens with zero attached hydrogens (tertiary/aromatic N) is 3. The van der Waals surface area contributed by atoms with E-state index < -0.39 is 6.36 Å². The predicted molar refractivity (Wildman–Crippen MR) is 127 cm³/mol. The molecule has 2 fully saturated rings. The van der Waals surface area contributed by atoms with Crippen molar-refractivity contribution in [2.75, 3.05) is 26.2 Å². The van der Waals surface area contributed by atoms with Crippen molar-refractivity contribution >= 4 is 5.91 Å². The molecule has 1 N–H and O–H groups in total. The summed E-state index contributed by atoms with van der Waals surface area (Å²) >= 11 is 0. The molecule has 3 atom stereocenters. The predicted octanol–water partition coefficient (Wildman–Crippen LogP) is 4.26. The second-order valence-electron chi connectivity index (χ2n) is 9.00. The van der Waals surface area contributed by atoms with E-state index in [1.807, 2.05) is 19.1 Å². The summed E-state index contributed by atoms with van der Waals surface area (Å²) in [5.41, 5.74) is 2.05. The number of carbonyl (C=O) groups is 1. The Labute approximate surface area is 206 Å². The summed E-state index contributed by atoms with van der Waals surface area (Å²) in [6.45, 7) is 4.43. The average Bonchev–Trinajstić information content (AvgIpc) is 3.37. The van der Waals surface area contributed by atoms with Crippen LogP contribution in [-0.2, 0) is 4.74 Å². The molecule has 2 aliphatic rings. The molecule has 0 spiro atoms. The summed E-state index contributed by atoms with van der Waals surface area (Å²) in [7, 11) is 0. The van der Waals surface area contributed by atoms with Gasteiger partial charge in [0.2, 0.25) is 0 Å². The molecule has 0 radical (unpaired) electrons. The highest BCUT2D eigenvalue weighted by atomic mass is 19.4. The largest absolute Gasteiger partial charge is 0.573 e. The third-order valence-electron chi connectivity index (χ3n) is 6.80. The van der Waals surface area contributed by atoms with Crippen LogP contribution < -0.4 is 10.1 Å². The van der Waals surface area contributed by atoms with Crippen molar-refractivity contribution in [3.63, 3.8) is 0 Å². The number of alkyl halides is 3. The zero-order valence-corrected chi connectivity index (χ0v) is 19.7. The molecule has 190 valence electrons. The van der Waals surface area contributed by atoms with Gasteiger partial charge in [0, 0.05) is 31.2 Å². The molecule has 0 saturated carbocycles. The lowest BCUT2D eigenvalue weighted by Gasteiger charge is -2.41. The van der Waals surface area contributed by atoms with Crippen LogP contribution in [0, 0.1) is 0 Å². The number of morpholine rings is 1. The molecule has 0 aliphatic carbocycles. The molecule has 2 aliphatic heterocycles. The molecule has 5 rings (SSSR count). The minimum Gasteiger partial charge on any atom is -0.405 e. The van der Waals surface area contributed by atoms with Gasteiger partial charge in [0.1, 0.15) is 11.4 Å². The highest BCUT2D eigenvalue weighted by Crippen LogP contribution is 2.38. The Kier molecular flexibility index (Phi) is 6.72. The van der Waals surface area contributed by atoms with Crippen molar-refractivity contribution in [1.82, 2.24) is 19.8 Å². The van der Waals surface area contributed by atoms with Crippen molar-refractivity contribution in [2.24, 2.45) is 0 Å². The average molecular weight is 501 g/mol. The molecular weight excluding hydrogens is 473 g/mol. The van der Waals surface area contributed by atoms with E-state index in [0.717, 1.165) is 18.5 Å². The van der Waals surface area contributed by atoms with E-state index >= 15 is 0 Å². The van der Waals surface area contributed by atoms with Gasteiger partial charge in [-0.2, -0.15) is 0 Å². The van der Waals surface area contributed by atoms with E-state index in [-0.39, 0.29) is 29.8 Å². The van der Waals surface area contributed by atoms with Gasteiger partial charge in [-0.05, 0) is 30.5 Å². The summed E-state index contributed by atoms with van der Waals surface area (Å²) in [6, 6.07) is 13.1. The monoisotopic (exact) mass is 500 g/mol. The number of piperidine rings is 1. The molecule has 10 heteroatoms. The molecule has 1 aromatic heterocycles. The van der Waals surface area contributed by atoms with Gasteiger partial charge in [0.25, 0.3) is 5.91 Å². The molecular formula is C26H27F3N4O3. The zero-order valence-electron chi connectivity index (χ0n) is 19.7. The van der Waals surface area contributed by atoms with Gasteiger partial charge in [0.15, 0.2) is 0 Å². The molecule has 2 aromatic carbocycles. The summed E-state index contributed by atoms with van der Waals surface area (Å²) in [6.07, 6.45) is -0.937. The first-order valence-corrected chi connectivity index (χ1v) is 11.9. The topological polar surface area (TPSA) is 68.6 Å². The van der Waals surface area contributed by atoms with Crippen molar-refractivity contribution in [3.8, 4) is 16.9 Å². The number of hydrogen-bond donors (Lipinski definition) is 1. The van der Waals surface area contributed by atoms with Crippen LogP contribution in [-0.4, -0.2) is 65.1 Å². The molecule has 0 unspecified atom stereocenters. The van der Waals surface area contributed by atoms with Gasteiger partial charge in [-0.1, -0.05) is 42.5 Å². The van der Waals surface area contributed by atoms with Crippen molar-refractivity contribution < 1.29 is 27.4 Å². The number of hydrogen-bond acceptors (Lipinski definition) is 5. The fourth-order valence-corrected chi connectivity index (χ4v) is 5.06. The van der Waals surface area contributed by atoms with Gasteiger partial charge < -0.3 is 24.3 Å². The number of benzene rings is 2. The fourth-order valence-electron chi connectivity index (χ4n) is 5.06. The third kappa shape index (κ3) is 4.96. The van der Waals surface area contributed by atoms with Gasteiger partial charge in [-0.25, -0.2) is 4.98 Å². The summed E-state index contributed by atoms with van der Waals surface area (Å²) in [5, 5.41) is 3.45. The Morgan fingerprint density at radius 1 is 1.17 bits per heavy atom. The number of fused-ring (bicyclic) bond motifs is 1. The number of rotatable bonds is 5. The molecule has 2 saturated heterocycles. The van der Waals surface area contributed by atoms with Crippen molar-refractivity contribution in [1.29, 1.82) is 0 Å². The van der Waals surface area contributed by atoms with Crippen LogP contribution >= 0.6 is 0 Å². The smallest absolute Gasteiger partial charge is 0.405 e.